The van der Waals surface area contributed by atoms with Crippen molar-refractivity contribution < 1.29 is 9.72 Å². The molecule has 8 heteroatoms. The minimum Gasteiger partial charge on any atom is -0.346 e. The van der Waals surface area contributed by atoms with Crippen LogP contribution in [0.25, 0.3) is 0 Å². The molecule has 0 spiro atoms. The number of hydrogen-bond acceptors (Lipinski definition) is 5. The highest BCUT2D eigenvalue weighted by molar-refractivity contribution is 5.96. The second-order valence-corrected chi connectivity index (χ2v) is 7.89. The lowest BCUT2D eigenvalue weighted by Gasteiger charge is -2.30. The van der Waals surface area contributed by atoms with Crippen LogP contribution in [0.15, 0.2) is 24.3 Å². The number of aryl methyl sites for hydroxylation is 1. The van der Waals surface area contributed by atoms with Gasteiger partial charge >= 0.3 is 5.69 Å². The Morgan fingerprint density at radius 3 is 2.72 bits per heavy atom. The quantitative estimate of drug-likeness (QED) is 0.523. The van der Waals surface area contributed by atoms with Crippen molar-refractivity contribution in [2.24, 2.45) is 5.92 Å². The number of benzene rings is 1. The molecule has 0 saturated carbocycles. The summed E-state index contributed by atoms with van der Waals surface area (Å²) in [6, 6.07) is 8.14. The molecule has 1 aliphatic rings. The maximum atomic E-state index is 12.4. The van der Waals surface area contributed by atoms with Crippen molar-refractivity contribution in [3.05, 3.63) is 56.9 Å². The zero-order chi connectivity index (χ0) is 20.8. The molecule has 0 bridgehead atoms. The molecule has 1 unspecified atom stereocenters. The van der Waals surface area contributed by atoms with Gasteiger partial charge in [0.05, 0.1) is 4.92 Å². The molecule has 1 saturated heterocycles. The summed E-state index contributed by atoms with van der Waals surface area (Å²) in [6.07, 6.45) is 3.77. The molecule has 1 aromatic heterocycles. The second-order valence-electron chi connectivity index (χ2n) is 7.89. The number of nitrogens with zero attached hydrogens (tertiary/aromatic N) is 3. The molecule has 2 N–H and O–H groups in total. The first-order valence-corrected chi connectivity index (χ1v) is 10.3. The van der Waals surface area contributed by atoms with Crippen LogP contribution in [0.1, 0.15) is 60.4 Å². The number of carbonyl (C=O) groups excluding carboxylic acids is 1. The van der Waals surface area contributed by atoms with Gasteiger partial charge < -0.3 is 5.32 Å². The molecule has 29 heavy (non-hydrogen) atoms. The molecule has 2 heterocycles. The molecule has 0 aliphatic carbocycles. The zero-order valence-corrected chi connectivity index (χ0v) is 17.1. The third kappa shape index (κ3) is 5.41. The van der Waals surface area contributed by atoms with E-state index in [1.807, 2.05) is 19.1 Å². The average Bonchev–Trinajstić information content (AvgIpc) is 3.12. The molecular formula is C21H29N5O3. The van der Waals surface area contributed by atoms with Crippen LogP contribution in [0.3, 0.4) is 0 Å². The van der Waals surface area contributed by atoms with E-state index < -0.39 is 10.8 Å². The van der Waals surface area contributed by atoms with Crippen LogP contribution in [0.5, 0.6) is 0 Å². The van der Waals surface area contributed by atoms with Gasteiger partial charge in [0.15, 0.2) is 0 Å². The molecule has 1 atom stereocenters. The standard InChI is InChI=1S/C21H29N5O3/c1-3-5-18-20(26(28)29)19(24-23-18)21(27)22-12-16-7-9-17(10-8-16)14-25-11-4-6-15(2)13-25/h7-10,15H,3-6,11-14H2,1-2H3,(H,22,27)(H,23,24). The molecule has 2 aromatic rings. The summed E-state index contributed by atoms with van der Waals surface area (Å²) < 4.78 is 0. The first-order valence-electron chi connectivity index (χ1n) is 10.3. The normalized spacial score (nSPS) is 17.2. The van der Waals surface area contributed by atoms with E-state index in [0.717, 1.165) is 37.5 Å². The predicted molar refractivity (Wildman–Crippen MR) is 111 cm³/mol. The van der Waals surface area contributed by atoms with Crippen LogP contribution in [-0.4, -0.2) is 39.0 Å². The van der Waals surface area contributed by atoms with Crippen molar-refractivity contribution in [2.45, 2.75) is 52.6 Å². The smallest absolute Gasteiger partial charge is 0.322 e. The highest BCUT2D eigenvalue weighted by atomic mass is 16.6. The van der Waals surface area contributed by atoms with Gasteiger partial charge in [0, 0.05) is 19.6 Å². The third-order valence-electron chi connectivity index (χ3n) is 5.33. The Morgan fingerprint density at radius 2 is 2.07 bits per heavy atom. The highest BCUT2D eigenvalue weighted by Gasteiger charge is 2.28. The van der Waals surface area contributed by atoms with Crippen molar-refractivity contribution in [2.75, 3.05) is 13.1 Å². The fourth-order valence-corrected chi connectivity index (χ4v) is 3.87. The van der Waals surface area contributed by atoms with Crippen LogP contribution < -0.4 is 5.32 Å². The van der Waals surface area contributed by atoms with E-state index in [4.69, 9.17) is 0 Å². The summed E-state index contributed by atoms with van der Waals surface area (Å²) in [6.45, 7) is 7.74. The average molecular weight is 399 g/mol. The van der Waals surface area contributed by atoms with Crippen molar-refractivity contribution in [1.29, 1.82) is 0 Å². The maximum absolute atomic E-state index is 12.4. The van der Waals surface area contributed by atoms with Crippen LogP contribution in [0.2, 0.25) is 0 Å². The Labute approximate surface area is 170 Å². The maximum Gasteiger partial charge on any atom is 0.322 e. The lowest BCUT2D eigenvalue weighted by molar-refractivity contribution is -0.385. The minimum atomic E-state index is -0.542. The van der Waals surface area contributed by atoms with Crippen LogP contribution in [-0.2, 0) is 19.5 Å². The largest absolute Gasteiger partial charge is 0.346 e. The first kappa shape index (κ1) is 21.0. The second kappa shape index (κ2) is 9.65. The third-order valence-corrected chi connectivity index (χ3v) is 5.33. The van der Waals surface area contributed by atoms with Gasteiger partial charge in [-0.05, 0) is 42.9 Å². The number of nitro groups is 1. The SMILES string of the molecule is CCCc1[nH]nc(C(=O)NCc2ccc(CN3CCCC(C)C3)cc2)c1[N+](=O)[O-]. The molecule has 8 nitrogen and oxygen atoms in total. The molecule has 3 rings (SSSR count). The van der Waals surface area contributed by atoms with E-state index in [1.54, 1.807) is 0 Å². The summed E-state index contributed by atoms with van der Waals surface area (Å²) in [7, 11) is 0. The number of aromatic amines is 1. The molecule has 1 aliphatic heterocycles. The number of likely N-dealkylation sites (tertiary alicyclic amines) is 1. The van der Waals surface area contributed by atoms with Gasteiger partial charge in [0.25, 0.3) is 5.91 Å². The summed E-state index contributed by atoms with van der Waals surface area (Å²) in [5.74, 6) is 0.212. The van der Waals surface area contributed by atoms with Crippen LogP contribution >= 0.6 is 0 Å². The summed E-state index contributed by atoms with van der Waals surface area (Å²) >= 11 is 0. The van der Waals surface area contributed by atoms with E-state index in [9.17, 15) is 14.9 Å². The van der Waals surface area contributed by atoms with E-state index in [-0.39, 0.29) is 11.4 Å². The fraction of sp³-hybridized carbons (Fsp3) is 0.524. The zero-order valence-electron chi connectivity index (χ0n) is 17.1. The number of rotatable bonds is 8. The van der Waals surface area contributed by atoms with E-state index in [0.29, 0.717) is 18.7 Å². The van der Waals surface area contributed by atoms with Crippen LogP contribution in [0, 0.1) is 16.0 Å². The summed E-state index contributed by atoms with van der Waals surface area (Å²) in [4.78, 5) is 25.7. The van der Waals surface area contributed by atoms with Crippen molar-refractivity contribution >= 4 is 11.6 Å². The number of aromatic nitrogens is 2. The topological polar surface area (TPSA) is 104 Å². The van der Waals surface area contributed by atoms with Gasteiger partial charge in [0.2, 0.25) is 5.69 Å². The van der Waals surface area contributed by atoms with E-state index >= 15 is 0 Å². The monoisotopic (exact) mass is 399 g/mol. The Bertz CT molecular complexity index is 847. The van der Waals surface area contributed by atoms with Gasteiger partial charge in [-0.3, -0.25) is 24.9 Å². The number of hydrogen-bond donors (Lipinski definition) is 2. The van der Waals surface area contributed by atoms with Gasteiger partial charge in [-0.15, -0.1) is 0 Å². The highest BCUT2D eigenvalue weighted by Crippen LogP contribution is 2.22. The molecule has 1 amide bonds. The first-order chi connectivity index (χ1) is 14.0. The molecule has 156 valence electrons. The molecule has 1 fully saturated rings. The number of H-pyrrole nitrogens is 1. The van der Waals surface area contributed by atoms with Gasteiger partial charge in [-0.25, -0.2) is 0 Å². The van der Waals surface area contributed by atoms with Crippen molar-refractivity contribution in [1.82, 2.24) is 20.4 Å². The predicted octanol–water partition coefficient (Wildman–Crippen LogP) is 3.43. The van der Waals surface area contributed by atoms with Crippen molar-refractivity contribution in [3.63, 3.8) is 0 Å². The van der Waals surface area contributed by atoms with Gasteiger partial charge in [-0.2, -0.15) is 5.10 Å². The molecule has 0 radical (unpaired) electrons. The lowest BCUT2D eigenvalue weighted by atomic mass is 9.99. The Kier molecular flexibility index (Phi) is 6.98. The lowest BCUT2D eigenvalue weighted by Crippen LogP contribution is -2.33. The summed E-state index contributed by atoms with van der Waals surface area (Å²) in [5.41, 5.74) is 2.20. The number of nitrogens with one attached hydrogen (secondary N) is 2. The van der Waals surface area contributed by atoms with E-state index in [2.05, 4.69) is 39.5 Å². The number of carbonyl (C=O) groups is 1. The van der Waals surface area contributed by atoms with Crippen molar-refractivity contribution in [3.8, 4) is 0 Å². The van der Waals surface area contributed by atoms with Crippen LogP contribution in [0.4, 0.5) is 5.69 Å². The number of piperidine rings is 1. The van der Waals surface area contributed by atoms with E-state index in [1.165, 1.54) is 18.4 Å². The molecular weight excluding hydrogens is 370 g/mol. The Morgan fingerprint density at radius 1 is 1.34 bits per heavy atom. The summed E-state index contributed by atoms with van der Waals surface area (Å²) in [5, 5.41) is 20.6. The van der Waals surface area contributed by atoms with Gasteiger partial charge in [-0.1, -0.05) is 44.5 Å². The number of amides is 1. The van der Waals surface area contributed by atoms with Gasteiger partial charge in [0.1, 0.15) is 5.69 Å². The Balaban J connectivity index is 1.57. The molecule has 1 aromatic carbocycles. The fourth-order valence-electron chi connectivity index (χ4n) is 3.87. The Hall–Kier alpha value is -2.74. The minimum absolute atomic E-state index is 0.158.